The van der Waals surface area contributed by atoms with Crippen LogP contribution in [-0.2, 0) is 4.79 Å². The van der Waals surface area contributed by atoms with Gasteiger partial charge in [-0.1, -0.05) is 29.7 Å². The molecule has 0 aliphatic carbocycles. The van der Waals surface area contributed by atoms with Crippen LogP contribution in [0.5, 0.6) is 0 Å². The lowest BCUT2D eigenvalue weighted by atomic mass is 10.1. The summed E-state index contributed by atoms with van der Waals surface area (Å²) in [5.74, 6) is 2.38. The maximum absolute atomic E-state index is 11.5. The SMILES string of the molecule is C#CCN(C(C)=O)c1cc(-c2ccc(Cl)cc2)ns1. The van der Waals surface area contributed by atoms with Gasteiger partial charge in [0.25, 0.3) is 0 Å². The predicted octanol–water partition coefficient (Wildman–Crippen LogP) is 3.45. The van der Waals surface area contributed by atoms with Crippen molar-refractivity contribution in [1.82, 2.24) is 4.37 Å². The highest BCUT2D eigenvalue weighted by Gasteiger charge is 2.14. The molecule has 1 heterocycles. The second kappa shape index (κ2) is 5.87. The smallest absolute Gasteiger partial charge is 0.225 e. The van der Waals surface area contributed by atoms with E-state index in [4.69, 9.17) is 18.0 Å². The summed E-state index contributed by atoms with van der Waals surface area (Å²) in [6.45, 7) is 1.73. The van der Waals surface area contributed by atoms with Crippen molar-refractivity contribution in [1.29, 1.82) is 0 Å². The number of rotatable bonds is 3. The lowest BCUT2D eigenvalue weighted by Crippen LogP contribution is -2.27. The number of carbonyl (C=O) groups excluding carboxylic acids is 1. The van der Waals surface area contributed by atoms with Crippen molar-refractivity contribution >= 4 is 34.0 Å². The summed E-state index contributed by atoms with van der Waals surface area (Å²) in [6.07, 6.45) is 5.26. The standard InChI is InChI=1S/C14H11ClN2OS/c1-3-8-17(10(2)18)14-9-13(16-19-14)11-4-6-12(15)7-5-11/h1,4-7,9H,8H2,2H3. The van der Waals surface area contributed by atoms with Gasteiger partial charge in [0.1, 0.15) is 5.00 Å². The fraction of sp³-hybridized carbons (Fsp3) is 0.143. The molecule has 0 bridgehead atoms. The quantitative estimate of drug-likeness (QED) is 0.811. The number of hydrogen-bond acceptors (Lipinski definition) is 3. The van der Waals surface area contributed by atoms with E-state index in [1.807, 2.05) is 18.2 Å². The van der Waals surface area contributed by atoms with Crippen molar-refractivity contribution in [2.24, 2.45) is 0 Å². The fourth-order valence-electron chi connectivity index (χ4n) is 1.59. The summed E-state index contributed by atoms with van der Waals surface area (Å²) in [6, 6.07) is 9.24. The van der Waals surface area contributed by atoms with Gasteiger partial charge < -0.3 is 0 Å². The van der Waals surface area contributed by atoms with Crippen LogP contribution in [-0.4, -0.2) is 16.8 Å². The summed E-state index contributed by atoms with van der Waals surface area (Å²) in [4.78, 5) is 13.0. The topological polar surface area (TPSA) is 33.2 Å². The van der Waals surface area contributed by atoms with Crippen LogP contribution in [0.15, 0.2) is 30.3 Å². The molecule has 3 nitrogen and oxygen atoms in total. The molecule has 1 aromatic carbocycles. The average Bonchev–Trinajstić information content (AvgIpc) is 2.85. The zero-order valence-electron chi connectivity index (χ0n) is 10.3. The minimum atomic E-state index is -0.0933. The van der Waals surface area contributed by atoms with Crippen molar-refractivity contribution in [3.63, 3.8) is 0 Å². The first-order chi connectivity index (χ1) is 9.11. The molecular formula is C14H11ClN2OS. The van der Waals surface area contributed by atoms with Gasteiger partial charge in [-0.25, -0.2) is 0 Å². The van der Waals surface area contributed by atoms with Gasteiger partial charge in [0.2, 0.25) is 5.91 Å². The molecule has 0 spiro atoms. The molecule has 0 aliphatic rings. The molecule has 0 N–H and O–H groups in total. The minimum absolute atomic E-state index is 0.0933. The Bertz CT molecular complexity index is 628. The molecule has 0 fully saturated rings. The van der Waals surface area contributed by atoms with Crippen molar-refractivity contribution in [3.05, 3.63) is 35.4 Å². The molecule has 0 aliphatic heterocycles. The van der Waals surface area contributed by atoms with Crippen LogP contribution < -0.4 is 4.90 Å². The normalized spacial score (nSPS) is 9.95. The summed E-state index contributed by atoms with van der Waals surface area (Å²) in [5, 5.41) is 1.42. The van der Waals surface area contributed by atoms with E-state index in [0.717, 1.165) is 16.3 Å². The van der Waals surface area contributed by atoms with E-state index in [1.165, 1.54) is 23.4 Å². The molecule has 0 saturated heterocycles. The van der Waals surface area contributed by atoms with E-state index < -0.39 is 0 Å². The number of aromatic nitrogens is 1. The Balaban J connectivity index is 2.30. The van der Waals surface area contributed by atoms with Crippen molar-refractivity contribution in [3.8, 4) is 23.6 Å². The average molecular weight is 291 g/mol. The van der Waals surface area contributed by atoms with Gasteiger partial charge in [0.15, 0.2) is 0 Å². The highest BCUT2D eigenvalue weighted by molar-refractivity contribution is 7.10. The van der Waals surface area contributed by atoms with Gasteiger partial charge in [-0.15, -0.1) is 6.42 Å². The first-order valence-electron chi connectivity index (χ1n) is 5.56. The first kappa shape index (κ1) is 13.6. The van der Waals surface area contributed by atoms with Gasteiger partial charge in [0.05, 0.1) is 12.2 Å². The number of halogens is 1. The molecule has 0 unspecified atom stereocenters. The molecular weight excluding hydrogens is 280 g/mol. The van der Waals surface area contributed by atoms with Gasteiger partial charge >= 0.3 is 0 Å². The van der Waals surface area contributed by atoms with Crippen LogP contribution in [0.1, 0.15) is 6.92 Å². The lowest BCUT2D eigenvalue weighted by molar-refractivity contribution is -0.116. The zero-order chi connectivity index (χ0) is 13.8. The van der Waals surface area contributed by atoms with E-state index in [-0.39, 0.29) is 12.5 Å². The monoisotopic (exact) mass is 290 g/mol. The van der Waals surface area contributed by atoms with Crippen LogP contribution in [0, 0.1) is 12.3 Å². The molecule has 0 radical (unpaired) electrons. The molecule has 96 valence electrons. The second-order valence-electron chi connectivity index (χ2n) is 3.87. The summed E-state index contributed by atoms with van der Waals surface area (Å²) in [5.41, 5.74) is 1.76. The van der Waals surface area contributed by atoms with Gasteiger partial charge in [-0.05, 0) is 23.7 Å². The van der Waals surface area contributed by atoms with Gasteiger partial charge in [-0.3, -0.25) is 9.69 Å². The van der Waals surface area contributed by atoms with Crippen LogP contribution >= 0.6 is 23.1 Å². The third kappa shape index (κ3) is 3.14. The first-order valence-corrected chi connectivity index (χ1v) is 6.71. The Hall–Kier alpha value is -1.83. The number of anilines is 1. The maximum Gasteiger partial charge on any atom is 0.225 e. The van der Waals surface area contributed by atoms with Crippen molar-refractivity contribution in [2.45, 2.75) is 6.92 Å². The third-order valence-corrected chi connectivity index (χ3v) is 3.60. The lowest BCUT2D eigenvalue weighted by Gasteiger charge is -2.14. The van der Waals surface area contributed by atoms with Gasteiger partial charge in [0, 0.05) is 23.6 Å². The van der Waals surface area contributed by atoms with Crippen molar-refractivity contribution in [2.75, 3.05) is 11.4 Å². The molecule has 5 heteroatoms. The Morgan fingerprint density at radius 1 is 1.47 bits per heavy atom. The van der Waals surface area contributed by atoms with E-state index >= 15 is 0 Å². The maximum atomic E-state index is 11.5. The molecule has 0 saturated carbocycles. The largest absolute Gasteiger partial charge is 0.291 e. The number of amides is 1. The highest BCUT2D eigenvalue weighted by atomic mass is 35.5. The number of terminal acetylenes is 1. The third-order valence-electron chi connectivity index (χ3n) is 2.53. The Morgan fingerprint density at radius 3 is 2.74 bits per heavy atom. The molecule has 0 atom stereocenters. The summed E-state index contributed by atoms with van der Waals surface area (Å²) in [7, 11) is 0. The highest BCUT2D eigenvalue weighted by Crippen LogP contribution is 2.28. The fourth-order valence-corrected chi connectivity index (χ4v) is 2.52. The zero-order valence-corrected chi connectivity index (χ0v) is 11.8. The molecule has 1 aromatic heterocycles. The van der Waals surface area contributed by atoms with Crippen LogP contribution in [0.4, 0.5) is 5.00 Å². The van der Waals surface area contributed by atoms with E-state index in [9.17, 15) is 4.79 Å². The van der Waals surface area contributed by atoms with E-state index in [0.29, 0.717) is 5.02 Å². The number of benzene rings is 1. The van der Waals surface area contributed by atoms with Crippen molar-refractivity contribution < 1.29 is 4.79 Å². The second-order valence-corrected chi connectivity index (χ2v) is 5.09. The Morgan fingerprint density at radius 2 is 2.16 bits per heavy atom. The van der Waals surface area contributed by atoms with E-state index in [2.05, 4.69) is 10.3 Å². The Labute approximate surface area is 121 Å². The molecule has 2 aromatic rings. The molecule has 2 rings (SSSR count). The number of carbonyl (C=O) groups is 1. The molecule has 19 heavy (non-hydrogen) atoms. The minimum Gasteiger partial charge on any atom is -0.291 e. The van der Waals surface area contributed by atoms with Crippen LogP contribution in [0.25, 0.3) is 11.3 Å². The summed E-state index contributed by atoms with van der Waals surface area (Å²) >= 11 is 7.10. The van der Waals surface area contributed by atoms with Gasteiger partial charge in [-0.2, -0.15) is 4.37 Å². The number of nitrogens with zero attached hydrogens (tertiary/aromatic N) is 2. The Kier molecular flexibility index (Phi) is 4.20. The van der Waals surface area contributed by atoms with E-state index in [1.54, 1.807) is 12.1 Å². The molecule has 1 amide bonds. The van der Waals surface area contributed by atoms with Crippen LogP contribution in [0.2, 0.25) is 5.02 Å². The van der Waals surface area contributed by atoms with Crippen LogP contribution in [0.3, 0.4) is 0 Å². The number of hydrogen-bond donors (Lipinski definition) is 0. The summed E-state index contributed by atoms with van der Waals surface area (Å²) < 4.78 is 4.34. The predicted molar refractivity (Wildman–Crippen MR) is 79.4 cm³/mol.